The summed E-state index contributed by atoms with van der Waals surface area (Å²) >= 11 is 0. The first-order valence-electron chi connectivity index (χ1n) is 10.6. The molecule has 5 rings (SSSR count). The minimum atomic E-state index is -0.0330. The number of amides is 1. The molecule has 0 radical (unpaired) electrons. The largest absolute Gasteiger partial charge is 0.334 e. The molecular weight excluding hydrogens is 362 g/mol. The smallest absolute Gasteiger partial charge is 0.257 e. The zero-order chi connectivity index (χ0) is 19.8. The Bertz CT molecular complexity index is 1040. The summed E-state index contributed by atoms with van der Waals surface area (Å²) in [5, 5.41) is 4.20. The summed E-state index contributed by atoms with van der Waals surface area (Å²) in [5.74, 6) is 1.26. The van der Waals surface area contributed by atoms with Gasteiger partial charge in [-0.05, 0) is 67.0 Å². The molecule has 5 heteroatoms. The minimum Gasteiger partial charge on any atom is -0.334 e. The van der Waals surface area contributed by atoms with E-state index in [1.807, 2.05) is 17.0 Å². The van der Waals surface area contributed by atoms with Gasteiger partial charge in [-0.25, -0.2) is 0 Å². The van der Waals surface area contributed by atoms with Gasteiger partial charge in [-0.3, -0.25) is 4.79 Å². The minimum absolute atomic E-state index is 0.0330. The van der Waals surface area contributed by atoms with E-state index in [2.05, 4.69) is 47.4 Å². The van der Waals surface area contributed by atoms with Crippen LogP contribution >= 0.6 is 0 Å². The fourth-order valence-electron chi connectivity index (χ4n) is 4.53. The zero-order valence-electron chi connectivity index (χ0n) is 16.7. The summed E-state index contributed by atoms with van der Waals surface area (Å²) in [4.78, 5) is 19.4. The number of carbonyl (C=O) groups excluding carboxylic acids is 1. The van der Waals surface area contributed by atoms with E-state index in [9.17, 15) is 4.79 Å². The molecule has 1 atom stereocenters. The van der Waals surface area contributed by atoms with Crippen LogP contribution in [0.2, 0.25) is 0 Å². The van der Waals surface area contributed by atoms with Crippen molar-refractivity contribution < 1.29 is 9.32 Å². The van der Waals surface area contributed by atoms with E-state index in [0.29, 0.717) is 24.7 Å². The van der Waals surface area contributed by atoms with Gasteiger partial charge in [0.25, 0.3) is 5.89 Å². The number of hydrogen-bond donors (Lipinski definition) is 0. The van der Waals surface area contributed by atoms with Crippen molar-refractivity contribution in [3.05, 3.63) is 65.0 Å². The molecular formula is C24H25N3O2. The Balaban J connectivity index is 1.38. The van der Waals surface area contributed by atoms with Crippen molar-refractivity contribution in [1.82, 2.24) is 10.1 Å². The van der Waals surface area contributed by atoms with Crippen molar-refractivity contribution in [2.75, 3.05) is 11.4 Å². The van der Waals surface area contributed by atoms with Crippen LogP contribution in [0, 0.1) is 0 Å². The molecule has 1 saturated heterocycles. The number of carbonyl (C=O) groups is 1. The average Bonchev–Trinajstić information content (AvgIpc) is 3.40. The fourth-order valence-corrected chi connectivity index (χ4v) is 4.53. The summed E-state index contributed by atoms with van der Waals surface area (Å²) < 4.78 is 5.51. The first-order chi connectivity index (χ1) is 14.2. The number of aryl methyl sites for hydroxylation is 2. The fraction of sp³-hybridized carbons (Fsp3) is 0.375. The summed E-state index contributed by atoms with van der Waals surface area (Å²) in [6.45, 7) is 2.75. The Morgan fingerprint density at radius 2 is 1.93 bits per heavy atom. The van der Waals surface area contributed by atoms with Crippen LogP contribution < -0.4 is 4.90 Å². The molecule has 0 saturated carbocycles. The number of nitrogens with zero attached hydrogens (tertiary/aromatic N) is 3. The van der Waals surface area contributed by atoms with E-state index in [1.54, 1.807) is 0 Å². The highest BCUT2D eigenvalue weighted by Crippen LogP contribution is 2.36. The lowest BCUT2D eigenvalue weighted by atomic mass is 9.90. The Morgan fingerprint density at radius 1 is 1.10 bits per heavy atom. The van der Waals surface area contributed by atoms with Crippen molar-refractivity contribution in [3.8, 4) is 11.5 Å². The van der Waals surface area contributed by atoms with Gasteiger partial charge in [0.2, 0.25) is 5.91 Å². The Morgan fingerprint density at radius 3 is 2.76 bits per heavy atom. The molecule has 1 amide bonds. The SMILES string of the molecule is CCc1ccc(-c2nc(C3CC(=O)N(c4cccc5c4CCCC5)C3)no2)cc1. The third kappa shape index (κ3) is 3.35. The second kappa shape index (κ2) is 7.47. The van der Waals surface area contributed by atoms with Crippen LogP contribution in [0.1, 0.15) is 54.6 Å². The molecule has 1 fully saturated rings. The first kappa shape index (κ1) is 18.1. The van der Waals surface area contributed by atoms with E-state index < -0.39 is 0 Å². The molecule has 0 bridgehead atoms. The molecule has 1 aliphatic heterocycles. The topological polar surface area (TPSA) is 59.2 Å². The van der Waals surface area contributed by atoms with Gasteiger partial charge in [0, 0.05) is 30.1 Å². The summed E-state index contributed by atoms with van der Waals surface area (Å²) in [5.41, 5.74) is 6.00. The lowest BCUT2D eigenvalue weighted by Crippen LogP contribution is -2.26. The van der Waals surface area contributed by atoms with Gasteiger partial charge in [-0.1, -0.05) is 36.3 Å². The number of benzene rings is 2. The molecule has 1 aromatic heterocycles. The molecule has 0 N–H and O–H groups in total. The zero-order valence-corrected chi connectivity index (χ0v) is 16.7. The second-order valence-corrected chi connectivity index (χ2v) is 8.04. The van der Waals surface area contributed by atoms with Gasteiger partial charge in [0.15, 0.2) is 5.82 Å². The quantitative estimate of drug-likeness (QED) is 0.651. The molecule has 2 heterocycles. The van der Waals surface area contributed by atoms with Gasteiger partial charge in [-0.15, -0.1) is 0 Å². The van der Waals surface area contributed by atoms with Crippen molar-refractivity contribution >= 4 is 11.6 Å². The number of rotatable bonds is 4. The van der Waals surface area contributed by atoms with Crippen LogP contribution in [-0.4, -0.2) is 22.6 Å². The van der Waals surface area contributed by atoms with Gasteiger partial charge in [-0.2, -0.15) is 4.98 Å². The van der Waals surface area contributed by atoms with Crippen molar-refractivity contribution in [1.29, 1.82) is 0 Å². The second-order valence-electron chi connectivity index (χ2n) is 8.04. The monoisotopic (exact) mass is 387 g/mol. The van der Waals surface area contributed by atoms with Crippen LogP contribution in [0.15, 0.2) is 47.0 Å². The lowest BCUT2D eigenvalue weighted by molar-refractivity contribution is -0.117. The Labute approximate surface area is 170 Å². The number of anilines is 1. The predicted molar refractivity (Wildman–Crippen MR) is 112 cm³/mol. The number of aromatic nitrogens is 2. The molecule has 5 nitrogen and oxygen atoms in total. The molecule has 3 aromatic rings. The highest BCUT2D eigenvalue weighted by atomic mass is 16.5. The number of hydrogen-bond acceptors (Lipinski definition) is 4. The highest BCUT2D eigenvalue weighted by molar-refractivity contribution is 5.97. The normalized spacial score (nSPS) is 18.9. The van der Waals surface area contributed by atoms with Gasteiger partial charge >= 0.3 is 0 Å². The van der Waals surface area contributed by atoms with E-state index >= 15 is 0 Å². The molecule has 0 spiro atoms. The van der Waals surface area contributed by atoms with Crippen molar-refractivity contribution in [2.24, 2.45) is 0 Å². The van der Waals surface area contributed by atoms with Gasteiger partial charge in [0.1, 0.15) is 0 Å². The third-order valence-corrected chi connectivity index (χ3v) is 6.20. The molecule has 2 aliphatic rings. The van der Waals surface area contributed by atoms with E-state index in [1.165, 1.54) is 29.5 Å². The van der Waals surface area contributed by atoms with Crippen LogP contribution in [0.4, 0.5) is 5.69 Å². The van der Waals surface area contributed by atoms with Crippen LogP contribution in [0.25, 0.3) is 11.5 Å². The number of fused-ring (bicyclic) bond motifs is 1. The van der Waals surface area contributed by atoms with Crippen molar-refractivity contribution in [3.63, 3.8) is 0 Å². The van der Waals surface area contributed by atoms with E-state index in [4.69, 9.17) is 4.52 Å². The molecule has 29 heavy (non-hydrogen) atoms. The Kier molecular flexibility index (Phi) is 4.66. The van der Waals surface area contributed by atoms with Gasteiger partial charge < -0.3 is 9.42 Å². The van der Waals surface area contributed by atoms with Crippen molar-refractivity contribution in [2.45, 2.75) is 51.4 Å². The third-order valence-electron chi connectivity index (χ3n) is 6.20. The first-order valence-corrected chi connectivity index (χ1v) is 10.6. The molecule has 1 unspecified atom stereocenters. The maximum atomic E-state index is 12.8. The maximum absolute atomic E-state index is 12.8. The molecule has 148 valence electrons. The highest BCUT2D eigenvalue weighted by Gasteiger charge is 2.36. The van der Waals surface area contributed by atoms with E-state index in [0.717, 1.165) is 30.5 Å². The maximum Gasteiger partial charge on any atom is 0.257 e. The molecule has 2 aromatic carbocycles. The van der Waals surface area contributed by atoms with Crippen LogP contribution in [-0.2, 0) is 24.1 Å². The van der Waals surface area contributed by atoms with E-state index in [-0.39, 0.29) is 11.8 Å². The predicted octanol–water partition coefficient (Wildman–Crippen LogP) is 4.70. The van der Waals surface area contributed by atoms with Crippen LogP contribution in [0.5, 0.6) is 0 Å². The standard InChI is InChI=1S/C24H25N3O2/c1-2-16-10-12-18(13-11-16)24-25-23(26-29-24)19-14-22(28)27(15-19)21-9-5-7-17-6-3-4-8-20(17)21/h5,7,9-13,19H,2-4,6,8,14-15H2,1H3. The summed E-state index contributed by atoms with van der Waals surface area (Å²) in [7, 11) is 0. The molecule has 1 aliphatic carbocycles. The summed E-state index contributed by atoms with van der Waals surface area (Å²) in [6.07, 6.45) is 6.02. The Hall–Kier alpha value is -2.95. The summed E-state index contributed by atoms with van der Waals surface area (Å²) in [6, 6.07) is 14.5. The lowest BCUT2D eigenvalue weighted by Gasteiger charge is -2.25. The average molecular weight is 387 g/mol. The van der Waals surface area contributed by atoms with Gasteiger partial charge in [0.05, 0.1) is 0 Å². The van der Waals surface area contributed by atoms with Crippen LogP contribution in [0.3, 0.4) is 0 Å².